The molecule has 1 heterocycles. The van der Waals surface area contributed by atoms with Gasteiger partial charge in [0, 0.05) is 13.0 Å². The lowest BCUT2D eigenvalue weighted by Crippen LogP contribution is -2.03. The summed E-state index contributed by atoms with van der Waals surface area (Å²) in [7, 11) is 1.84. The second kappa shape index (κ2) is 2.56. The van der Waals surface area contributed by atoms with Crippen molar-refractivity contribution in [3.8, 4) is 0 Å². The first-order chi connectivity index (χ1) is 6.46. The van der Waals surface area contributed by atoms with Gasteiger partial charge in [-0.1, -0.05) is 13.8 Å². The van der Waals surface area contributed by atoms with E-state index >= 15 is 0 Å². The minimum atomic E-state index is -0.747. The highest BCUT2D eigenvalue weighted by Crippen LogP contribution is 2.63. The SMILES string of the molecule is Cn1cnnc1C1C(C(=O)O)C1(C)C. The number of nitrogens with zero attached hydrogens (tertiary/aromatic N) is 3. The molecule has 1 aromatic heterocycles. The monoisotopic (exact) mass is 195 g/mol. The number of hydrogen-bond donors (Lipinski definition) is 1. The van der Waals surface area contributed by atoms with Crippen molar-refractivity contribution in [3.05, 3.63) is 12.2 Å². The summed E-state index contributed by atoms with van der Waals surface area (Å²) < 4.78 is 1.79. The average Bonchev–Trinajstić information content (AvgIpc) is 2.42. The Kier molecular flexibility index (Phi) is 1.68. The molecule has 0 bridgehead atoms. The summed E-state index contributed by atoms with van der Waals surface area (Å²) in [6.45, 7) is 3.90. The van der Waals surface area contributed by atoms with Gasteiger partial charge in [0.1, 0.15) is 12.2 Å². The smallest absolute Gasteiger partial charge is 0.307 e. The predicted octanol–water partition coefficient (Wildman–Crippen LogP) is 0.639. The molecule has 1 fully saturated rings. The van der Waals surface area contributed by atoms with Crippen molar-refractivity contribution in [2.24, 2.45) is 18.4 Å². The minimum Gasteiger partial charge on any atom is -0.481 e. The molecule has 76 valence electrons. The van der Waals surface area contributed by atoms with Crippen molar-refractivity contribution in [2.45, 2.75) is 19.8 Å². The van der Waals surface area contributed by atoms with E-state index in [0.717, 1.165) is 5.82 Å². The van der Waals surface area contributed by atoms with Crippen LogP contribution < -0.4 is 0 Å². The van der Waals surface area contributed by atoms with Crippen molar-refractivity contribution >= 4 is 5.97 Å². The fourth-order valence-electron chi connectivity index (χ4n) is 2.15. The van der Waals surface area contributed by atoms with E-state index in [1.165, 1.54) is 0 Å². The Hall–Kier alpha value is -1.39. The molecule has 5 heteroatoms. The van der Waals surface area contributed by atoms with Crippen molar-refractivity contribution in [2.75, 3.05) is 0 Å². The molecule has 0 aliphatic heterocycles. The maximum atomic E-state index is 10.9. The molecule has 1 aromatic rings. The summed E-state index contributed by atoms with van der Waals surface area (Å²) in [5, 5.41) is 16.7. The fraction of sp³-hybridized carbons (Fsp3) is 0.667. The molecule has 0 spiro atoms. The molecule has 0 radical (unpaired) electrons. The van der Waals surface area contributed by atoms with Gasteiger partial charge in [-0.05, 0) is 5.41 Å². The van der Waals surface area contributed by atoms with Crippen LogP contribution in [0, 0.1) is 11.3 Å². The summed E-state index contributed by atoms with van der Waals surface area (Å²) >= 11 is 0. The van der Waals surface area contributed by atoms with Crippen LogP contribution in [0.2, 0.25) is 0 Å². The molecular weight excluding hydrogens is 182 g/mol. The molecule has 1 aliphatic carbocycles. The number of aliphatic carboxylic acids is 1. The summed E-state index contributed by atoms with van der Waals surface area (Å²) in [6.07, 6.45) is 1.60. The Labute approximate surface area is 81.8 Å². The van der Waals surface area contributed by atoms with Gasteiger partial charge in [0.05, 0.1) is 5.92 Å². The maximum absolute atomic E-state index is 10.9. The summed E-state index contributed by atoms with van der Waals surface area (Å²) in [6, 6.07) is 0. The number of hydrogen-bond acceptors (Lipinski definition) is 3. The van der Waals surface area contributed by atoms with Crippen molar-refractivity contribution in [1.82, 2.24) is 14.8 Å². The second-order valence-corrected chi connectivity index (χ2v) is 4.41. The molecular formula is C9H13N3O2. The van der Waals surface area contributed by atoms with Gasteiger partial charge in [-0.3, -0.25) is 4.79 Å². The number of carbonyl (C=O) groups is 1. The van der Waals surface area contributed by atoms with E-state index in [-0.39, 0.29) is 17.3 Å². The van der Waals surface area contributed by atoms with Gasteiger partial charge >= 0.3 is 5.97 Å². The van der Waals surface area contributed by atoms with E-state index < -0.39 is 5.97 Å². The Morgan fingerprint density at radius 3 is 2.64 bits per heavy atom. The van der Waals surface area contributed by atoms with Gasteiger partial charge < -0.3 is 9.67 Å². The third-order valence-electron chi connectivity index (χ3n) is 3.12. The Morgan fingerprint density at radius 2 is 2.29 bits per heavy atom. The topological polar surface area (TPSA) is 68.0 Å². The van der Waals surface area contributed by atoms with E-state index in [9.17, 15) is 4.79 Å². The van der Waals surface area contributed by atoms with Crippen LogP contribution in [-0.4, -0.2) is 25.8 Å². The Balaban J connectivity index is 2.32. The van der Waals surface area contributed by atoms with Gasteiger partial charge in [-0.25, -0.2) is 0 Å². The summed E-state index contributed by atoms with van der Waals surface area (Å²) in [5.41, 5.74) is -0.202. The van der Waals surface area contributed by atoms with Crippen LogP contribution in [0.25, 0.3) is 0 Å². The van der Waals surface area contributed by atoms with Crippen LogP contribution in [0.3, 0.4) is 0 Å². The molecule has 2 unspecified atom stereocenters. The Morgan fingerprint density at radius 1 is 1.64 bits per heavy atom. The average molecular weight is 195 g/mol. The number of carboxylic acids is 1. The fourth-order valence-corrected chi connectivity index (χ4v) is 2.15. The molecule has 0 amide bonds. The second-order valence-electron chi connectivity index (χ2n) is 4.41. The highest BCUT2D eigenvalue weighted by atomic mass is 16.4. The number of aromatic nitrogens is 3. The zero-order chi connectivity index (χ0) is 10.5. The van der Waals surface area contributed by atoms with Crippen LogP contribution in [-0.2, 0) is 11.8 Å². The molecule has 2 rings (SSSR count). The maximum Gasteiger partial charge on any atom is 0.307 e. The van der Waals surface area contributed by atoms with Crippen molar-refractivity contribution in [1.29, 1.82) is 0 Å². The molecule has 5 nitrogen and oxygen atoms in total. The van der Waals surface area contributed by atoms with Crippen LogP contribution in [0.5, 0.6) is 0 Å². The van der Waals surface area contributed by atoms with Crippen LogP contribution in [0.4, 0.5) is 0 Å². The first kappa shape index (κ1) is 9.18. The molecule has 1 N–H and O–H groups in total. The van der Waals surface area contributed by atoms with E-state index in [0.29, 0.717) is 0 Å². The highest BCUT2D eigenvalue weighted by Gasteiger charge is 2.64. The molecule has 2 atom stereocenters. The standard InChI is InChI=1S/C9H13N3O2/c1-9(2)5(6(9)8(13)14)7-11-10-4-12(7)3/h4-6H,1-3H3,(H,13,14). The quantitative estimate of drug-likeness (QED) is 0.751. The largest absolute Gasteiger partial charge is 0.481 e. The predicted molar refractivity (Wildman–Crippen MR) is 48.7 cm³/mol. The van der Waals surface area contributed by atoms with Gasteiger partial charge in [0.25, 0.3) is 0 Å². The van der Waals surface area contributed by atoms with E-state index in [1.807, 2.05) is 20.9 Å². The lowest BCUT2D eigenvalue weighted by atomic mass is 10.1. The van der Waals surface area contributed by atoms with Gasteiger partial charge in [-0.2, -0.15) is 0 Å². The van der Waals surface area contributed by atoms with Crippen LogP contribution in [0.1, 0.15) is 25.6 Å². The first-order valence-electron chi connectivity index (χ1n) is 4.53. The number of rotatable bonds is 2. The van der Waals surface area contributed by atoms with Gasteiger partial charge in [-0.15, -0.1) is 10.2 Å². The third-order valence-corrected chi connectivity index (χ3v) is 3.12. The highest BCUT2D eigenvalue weighted by molar-refractivity contribution is 5.77. The van der Waals surface area contributed by atoms with Crippen molar-refractivity contribution < 1.29 is 9.90 Å². The molecule has 14 heavy (non-hydrogen) atoms. The minimum absolute atomic E-state index is 0.00694. The normalized spacial score (nSPS) is 28.8. The zero-order valence-electron chi connectivity index (χ0n) is 8.43. The zero-order valence-corrected chi connectivity index (χ0v) is 8.43. The van der Waals surface area contributed by atoms with E-state index in [1.54, 1.807) is 10.9 Å². The van der Waals surface area contributed by atoms with Crippen LogP contribution in [0.15, 0.2) is 6.33 Å². The lowest BCUT2D eigenvalue weighted by Gasteiger charge is -2.00. The van der Waals surface area contributed by atoms with E-state index in [2.05, 4.69) is 10.2 Å². The van der Waals surface area contributed by atoms with Crippen LogP contribution >= 0.6 is 0 Å². The molecule has 0 aromatic carbocycles. The first-order valence-corrected chi connectivity index (χ1v) is 4.53. The van der Waals surface area contributed by atoms with Crippen molar-refractivity contribution in [3.63, 3.8) is 0 Å². The van der Waals surface area contributed by atoms with Gasteiger partial charge in [0.15, 0.2) is 0 Å². The number of aryl methyl sites for hydroxylation is 1. The molecule has 1 aliphatic rings. The molecule has 1 saturated carbocycles. The lowest BCUT2D eigenvalue weighted by molar-refractivity contribution is -0.139. The number of carboxylic acid groups (broad SMARTS) is 1. The third kappa shape index (κ3) is 1.05. The van der Waals surface area contributed by atoms with Gasteiger partial charge in [0.2, 0.25) is 0 Å². The summed E-state index contributed by atoms with van der Waals surface area (Å²) in [4.78, 5) is 10.9. The summed E-state index contributed by atoms with van der Waals surface area (Å²) in [5.74, 6) is -0.316. The van der Waals surface area contributed by atoms with E-state index in [4.69, 9.17) is 5.11 Å². The Bertz CT molecular complexity index is 383. The molecule has 0 saturated heterocycles.